The summed E-state index contributed by atoms with van der Waals surface area (Å²) < 4.78 is 23.5. The zero-order valence-corrected chi connectivity index (χ0v) is 17.3. The van der Waals surface area contributed by atoms with Gasteiger partial charge in [-0.1, -0.05) is 41.5 Å². The lowest BCUT2D eigenvalue weighted by Gasteiger charge is -2.25. The fourth-order valence-electron chi connectivity index (χ4n) is 0.629. The van der Waals surface area contributed by atoms with Crippen molar-refractivity contribution in [3.63, 3.8) is 0 Å². The second-order valence-electron chi connectivity index (χ2n) is 1.99. The van der Waals surface area contributed by atoms with E-state index in [9.17, 15) is 0 Å². The third-order valence-electron chi connectivity index (χ3n) is 1.11. The molecule has 0 aromatic rings. The minimum atomic E-state index is -2.98. The van der Waals surface area contributed by atoms with Gasteiger partial charge in [0.1, 0.15) is 0 Å². The van der Waals surface area contributed by atoms with Gasteiger partial charge in [-0.25, -0.2) is 0 Å². The zero-order chi connectivity index (χ0) is 15.8. The first-order chi connectivity index (χ1) is 9.11. The van der Waals surface area contributed by atoms with Gasteiger partial charge in [-0.3, -0.25) is 0 Å². The summed E-state index contributed by atoms with van der Waals surface area (Å²) >= 11 is 0. The summed E-state index contributed by atoms with van der Waals surface area (Å²) in [7, 11) is -10.0. The van der Waals surface area contributed by atoms with E-state index in [1.54, 1.807) is 0 Å². The Hall–Kier alpha value is 0.548. The number of hydrogen-bond donors (Lipinski definition) is 3. The van der Waals surface area contributed by atoms with Gasteiger partial charge in [0.25, 0.3) is 0 Å². The summed E-state index contributed by atoms with van der Waals surface area (Å²) in [4.78, 5) is 27.1. The molecule has 1 saturated heterocycles. The Morgan fingerprint density at radius 1 is 0.632 bits per heavy atom. The molecular weight excluding hydrogens is 324 g/mol. The van der Waals surface area contributed by atoms with Gasteiger partial charge in [-0.2, -0.15) is 0 Å². The molecular formula is C7H28O8Si4. The molecule has 0 aliphatic carbocycles. The van der Waals surface area contributed by atoms with Crippen LogP contribution in [0.2, 0.25) is 0 Å². The minimum absolute atomic E-state index is 1.33. The lowest BCUT2D eigenvalue weighted by molar-refractivity contribution is 0.122. The first kappa shape index (κ1) is 24.6. The highest BCUT2D eigenvalue weighted by molar-refractivity contribution is 6.65. The third kappa shape index (κ3) is 14.8. The SMILES string of the molecule is CC.CC.CC.CO[SiH]1O[SiH](O)O[SiH](O)O[SiH](O)O1. The normalized spacial score (nSPS) is 30.0. The molecule has 1 rings (SSSR count). The molecule has 0 saturated carbocycles. The molecule has 1 aliphatic rings. The van der Waals surface area contributed by atoms with Crippen LogP contribution >= 0.6 is 0 Å². The van der Waals surface area contributed by atoms with Crippen LogP contribution in [0.4, 0.5) is 0 Å². The fraction of sp³-hybridized carbons (Fsp3) is 1.00. The van der Waals surface area contributed by atoms with Crippen LogP contribution < -0.4 is 0 Å². The topological polar surface area (TPSA) is 107 Å². The highest BCUT2D eigenvalue weighted by atomic mass is 28.5. The third-order valence-corrected chi connectivity index (χ3v) is 8.86. The van der Waals surface area contributed by atoms with Crippen molar-refractivity contribution in [2.75, 3.05) is 7.11 Å². The number of rotatable bonds is 1. The molecule has 19 heavy (non-hydrogen) atoms. The van der Waals surface area contributed by atoms with E-state index in [-0.39, 0.29) is 0 Å². The second-order valence-corrected chi connectivity index (χ2v) is 9.24. The average molecular weight is 353 g/mol. The molecule has 120 valence electrons. The van der Waals surface area contributed by atoms with E-state index in [2.05, 4.69) is 8.23 Å². The molecule has 0 aromatic heterocycles. The molecule has 12 heteroatoms. The standard InChI is InChI=1S/3C2H6.CH10O8Si4/c3*1-2;1-5-13-8-11(3)6-10(2)7-12(4)9-13/h3*1-2H3;2-4,10-13H,1H3. The highest BCUT2D eigenvalue weighted by Crippen LogP contribution is 2.03. The molecule has 0 bridgehead atoms. The first-order valence-corrected chi connectivity index (χ1v) is 12.1. The largest absolute Gasteiger partial charge is 0.468 e. The van der Waals surface area contributed by atoms with E-state index >= 15 is 0 Å². The lowest BCUT2D eigenvalue weighted by atomic mass is 11.0. The quantitative estimate of drug-likeness (QED) is 0.497. The van der Waals surface area contributed by atoms with Crippen molar-refractivity contribution >= 4 is 38.1 Å². The van der Waals surface area contributed by atoms with Crippen molar-refractivity contribution in [2.24, 2.45) is 0 Å². The van der Waals surface area contributed by atoms with Gasteiger partial charge >= 0.3 is 38.1 Å². The van der Waals surface area contributed by atoms with Gasteiger partial charge in [-0.15, -0.1) is 0 Å². The molecule has 3 N–H and O–H groups in total. The molecule has 1 fully saturated rings. The van der Waals surface area contributed by atoms with Crippen molar-refractivity contribution in [1.29, 1.82) is 0 Å². The lowest BCUT2D eigenvalue weighted by Crippen LogP contribution is -2.49. The minimum Gasteiger partial charge on any atom is -0.393 e. The first-order valence-electron chi connectivity index (χ1n) is 6.30. The van der Waals surface area contributed by atoms with Crippen molar-refractivity contribution in [3.8, 4) is 0 Å². The molecule has 0 spiro atoms. The van der Waals surface area contributed by atoms with E-state index in [1.807, 2.05) is 41.5 Å². The smallest absolute Gasteiger partial charge is 0.393 e. The maximum Gasteiger partial charge on any atom is 0.468 e. The van der Waals surface area contributed by atoms with Crippen LogP contribution in [0.5, 0.6) is 0 Å². The van der Waals surface area contributed by atoms with E-state index in [0.717, 1.165) is 0 Å². The monoisotopic (exact) mass is 352 g/mol. The van der Waals surface area contributed by atoms with Crippen LogP contribution in [0.25, 0.3) is 0 Å². The molecule has 0 amide bonds. The second kappa shape index (κ2) is 18.5. The maximum atomic E-state index is 9.07. The van der Waals surface area contributed by atoms with Gasteiger partial charge in [0.05, 0.1) is 0 Å². The van der Waals surface area contributed by atoms with Gasteiger partial charge in [0.2, 0.25) is 0 Å². The predicted molar refractivity (Wildman–Crippen MR) is 80.6 cm³/mol. The predicted octanol–water partition coefficient (Wildman–Crippen LogP) is -1.36. The summed E-state index contributed by atoms with van der Waals surface area (Å²) in [6, 6.07) is 0. The Morgan fingerprint density at radius 2 is 0.895 bits per heavy atom. The summed E-state index contributed by atoms with van der Waals surface area (Å²) in [5.41, 5.74) is 0. The van der Waals surface area contributed by atoms with Crippen LogP contribution in [0.3, 0.4) is 0 Å². The molecule has 1 heterocycles. The van der Waals surface area contributed by atoms with Crippen LogP contribution in [0.15, 0.2) is 0 Å². The maximum absolute atomic E-state index is 9.07. The molecule has 2 atom stereocenters. The fourth-order valence-corrected chi connectivity index (χ4v) is 7.97. The Bertz CT molecular complexity index is 154. The Kier molecular flexibility index (Phi) is 24.0. The Balaban J connectivity index is -0.000000375. The van der Waals surface area contributed by atoms with E-state index < -0.39 is 38.1 Å². The van der Waals surface area contributed by atoms with Gasteiger partial charge in [0.15, 0.2) is 0 Å². The van der Waals surface area contributed by atoms with Crippen LogP contribution in [-0.2, 0) is 20.9 Å². The van der Waals surface area contributed by atoms with Crippen LogP contribution in [0, 0.1) is 0 Å². The zero-order valence-electron chi connectivity index (χ0n) is 12.7. The van der Waals surface area contributed by atoms with Crippen molar-refractivity contribution in [2.45, 2.75) is 41.5 Å². The van der Waals surface area contributed by atoms with Crippen LogP contribution in [-0.4, -0.2) is 59.6 Å². The van der Waals surface area contributed by atoms with Crippen molar-refractivity contribution < 1.29 is 35.3 Å². The Labute approximate surface area is 122 Å². The van der Waals surface area contributed by atoms with Gasteiger partial charge < -0.3 is 35.3 Å². The van der Waals surface area contributed by atoms with E-state index in [4.69, 9.17) is 27.0 Å². The van der Waals surface area contributed by atoms with E-state index in [0.29, 0.717) is 0 Å². The molecule has 2 unspecified atom stereocenters. The van der Waals surface area contributed by atoms with Gasteiger partial charge in [0, 0.05) is 7.11 Å². The highest BCUT2D eigenvalue weighted by Gasteiger charge is 2.34. The molecule has 8 nitrogen and oxygen atoms in total. The Morgan fingerprint density at radius 3 is 1.16 bits per heavy atom. The van der Waals surface area contributed by atoms with Gasteiger partial charge in [-0.05, 0) is 0 Å². The molecule has 0 radical (unpaired) electrons. The number of hydrogen-bond acceptors (Lipinski definition) is 8. The van der Waals surface area contributed by atoms with Crippen molar-refractivity contribution in [1.82, 2.24) is 0 Å². The average Bonchev–Trinajstić information content (AvgIpc) is 2.42. The molecule has 0 aromatic carbocycles. The summed E-state index contributed by atoms with van der Waals surface area (Å²) in [6.45, 7) is 12.0. The van der Waals surface area contributed by atoms with Crippen molar-refractivity contribution in [3.05, 3.63) is 0 Å². The summed E-state index contributed by atoms with van der Waals surface area (Å²) in [5.74, 6) is 0. The van der Waals surface area contributed by atoms with Crippen LogP contribution in [0.1, 0.15) is 41.5 Å². The van der Waals surface area contributed by atoms with E-state index in [1.165, 1.54) is 7.11 Å². The molecule has 1 aliphatic heterocycles. The summed E-state index contributed by atoms with van der Waals surface area (Å²) in [6.07, 6.45) is 0. The summed E-state index contributed by atoms with van der Waals surface area (Å²) in [5, 5.41) is 0.